The van der Waals surface area contributed by atoms with Gasteiger partial charge in [-0.05, 0) is 24.6 Å². The molecule has 2 rings (SSSR count). The van der Waals surface area contributed by atoms with Gasteiger partial charge in [-0.1, -0.05) is 23.7 Å². The molecule has 0 atom stereocenters. The number of carbonyl (C=O) groups is 1. The molecular formula is C12H11ClN2O3. The van der Waals surface area contributed by atoms with Gasteiger partial charge >= 0.3 is 11.9 Å². The fourth-order valence-electron chi connectivity index (χ4n) is 1.42. The second-order valence-corrected chi connectivity index (χ2v) is 3.96. The van der Waals surface area contributed by atoms with Crippen molar-refractivity contribution in [2.75, 3.05) is 6.61 Å². The number of benzene rings is 1. The summed E-state index contributed by atoms with van der Waals surface area (Å²) in [4.78, 5) is 11.3. The Kier molecular flexibility index (Phi) is 3.94. The van der Waals surface area contributed by atoms with Crippen LogP contribution in [0, 0.1) is 0 Å². The molecule has 0 bridgehead atoms. The van der Waals surface area contributed by atoms with Gasteiger partial charge in [-0.25, -0.2) is 4.79 Å². The summed E-state index contributed by atoms with van der Waals surface area (Å²) in [6.45, 7) is 1.98. The summed E-state index contributed by atoms with van der Waals surface area (Å²) in [5.41, 5.74) is 0.932. The van der Waals surface area contributed by atoms with Gasteiger partial charge in [0.15, 0.2) is 0 Å². The number of rotatable bonds is 4. The van der Waals surface area contributed by atoms with Crippen molar-refractivity contribution in [1.29, 1.82) is 0 Å². The van der Waals surface area contributed by atoms with E-state index in [1.54, 1.807) is 19.1 Å². The third-order valence-corrected chi connectivity index (χ3v) is 2.40. The molecule has 0 amide bonds. The molecule has 0 spiro atoms. The van der Waals surface area contributed by atoms with Gasteiger partial charge in [0.1, 0.15) is 0 Å². The summed E-state index contributed by atoms with van der Waals surface area (Å²) in [7, 11) is 0. The van der Waals surface area contributed by atoms with E-state index < -0.39 is 5.97 Å². The molecule has 18 heavy (non-hydrogen) atoms. The molecule has 1 aromatic heterocycles. The molecule has 0 saturated carbocycles. The zero-order valence-electron chi connectivity index (χ0n) is 9.72. The van der Waals surface area contributed by atoms with Crippen molar-refractivity contribution in [3.05, 3.63) is 46.6 Å². The highest BCUT2D eigenvalue weighted by molar-refractivity contribution is 6.30. The first-order valence-corrected chi connectivity index (χ1v) is 5.80. The topological polar surface area (TPSA) is 65.2 Å². The van der Waals surface area contributed by atoms with Crippen LogP contribution < -0.4 is 0 Å². The molecule has 0 aliphatic rings. The van der Waals surface area contributed by atoms with E-state index >= 15 is 0 Å². The van der Waals surface area contributed by atoms with Crippen LogP contribution in [-0.4, -0.2) is 22.8 Å². The molecule has 1 heterocycles. The predicted molar refractivity (Wildman–Crippen MR) is 64.5 cm³/mol. The second-order valence-electron chi connectivity index (χ2n) is 3.53. The summed E-state index contributed by atoms with van der Waals surface area (Å²) < 4.78 is 9.96. The number of nitrogens with zero attached hydrogens (tertiary/aromatic N) is 2. The van der Waals surface area contributed by atoms with Gasteiger partial charge in [0, 0.05) is 5.02 Å². The van der Waals surface area contributed by atoms with Crippen LogP contribution in [0.3, 0.4) is 0 Å². The van der Waals surface area contributed by atoms with E-state index in [9.17, 15) is 4.79 Å². The molecule has 6 heteroatoms. The Morgan fingerprint density at radius 1 is 1.44 bits per heavy atom. The van der Waals surface area contributed by atoms with E-state index in [1.807, 2.05) is 12.1 Å². The minimum Gasteiger partial charge on any atom is -0.459 e. The van der Waals surface area contributed by atoms with Gasteiger partial charge < -0.3 is 9.15 Å². The molecule has 1 aromatic carbocycles. The number of carbonyl (C=O) groups excluding carboxylic acids is 1. The van der Waals surface area contributed by atoms with Crippen LogP contribution in [0.5, 0.6) is 0 Å². The van der Waals surface area contributed by atoms with E-state index in [0.29, 0.717) is 17.3 Å². The highest BCUT2D eigenvalue weighted by atomic mass is 35.5. The first-order valence-electron chi connectivity index (χ1n) is 5.43. The summed E-state index contributed by atoms with van der Waals surface area (Å²) in [6, 6.07) is 7.30. The SMILES string of the molecule is CCOC(=O)c1nnc(Cc2cccc(Cl)c2)o1. The molecule has 2 aromatic rings. The maximum atomic E-state index is 11.3. The average molecular weight is 267 g/mol. The first-order chi connectivity index (χ1) is 8.69. The van der Waals surface area contributed by atoms with E-state index in [1.165, 1.54) is 0 Å². The van der Waals surface area contributed by atoms with Crippen molar-refractivity contribution < 1.29 is 13.9 Å². The molecule has 0 radical (unpaired) electrons. The normalized spacial score (nSPS) is 10.3. The smallest absolute Gasteiger partial charge is 0.396 e. The quantitative estimate of drug-likeness (QED) is 0.796. The van der Waals surface area contributed by atoms with Crippen LogP contribution in [0.4, 0.5) is 0 Å². The summed E-state index contributed by atoms with van der Waals surface area (Å²) >= 11 is 5.87. The summed E-state index contributed by atoms with van der Waals surface area (Å²) in [5.74, 6) is -0.392. The lowest BCUT2D eigenvalue weighted by Gasteiger charge is -1.97. The maximum absolute atomic E-state index is 11.3. The Labute approximate surface area is 109 Å². The lowest BCUT2D eigenvalue weighted by Crippen LogP contribution is -2.04. The van der Waals surface area contributed by atoms with E-state index in [2.05, 4.69) is 10.2 Å². The standard InChI is InChI=1S/C12H11ClN2O3/c1-2-17-12(16)11-15-14-10(18-11)7-8-4-3-5-9(13)6-8/h3-6H,2,7H2,1H3. The van der Waals surface area contributed by atoms with Crippen LogP contribution in [-0.2, 0) is 11.2 Å². The first kappa shape index (κ1) is 12.6. The van der Waals surface area contributed by atoms with E-state index in [4.69, 9.17) is 20.8 Å². The maximum Gasteiger partial charge on any atom is 0.396 e. The number of hydrogen-bond acceptors (Lipinski definition) is 5. The minimum absolute atomic E-state index is 0.131. The van der Waals surface area contributed by atoms with Crippen molar-refractivity contribution in [3.8, 4) is 0 Å². The number of aromatic nitrogens is 2. The zero-order valence-corrected chi connectivity index (χ0v) is 10.5. The van der Waals surface area contributed by atoms with Crippen molar-refractivity contribution in [3.63, 3.8) is 0 Å². The highest BCUT2D eigenvalue weighted by Crippen LogP contribution is 2.14. The Morgan fingerprint density at radius 2 is 2.28 bits per heavy atom. The van der Waals surface area contributed by atoms with Gasteiger partial charge in [0.25, 0.3) is 0 Å². The van der Waals surface area contributed by atoms with Crippen molar-refractivity contribution in [2.24, 2.45) is 0 Å². The number of halogens is 1. The Bertz CT molecular complexity index is 554. The molecule has 0 fully saturated rings. The Balaban J connectivity index is 2.09. The van der Waals surface area contributed by atoms with Crippen molar-refractivity contribution in [2.45, 2.75) is 13.3 Å². The second kappa shape index (κ2) is 5.64. The molecule has 0 N–H and O–H groups in total. The summed E-state index contributed by atoms with van der Waals surface area (Å²) in [6.07, 6.45) is 0.424. The van der Waals surface area contributed by atoms with E-state index in [0.717, 1.165) is 5.56 Å². The average Bonchev–Trinajstić information content (AvgIpc) is 2.78. The molecule has 94 valence electrons. The van der Waals surface area contributed by atoms with Gasteiger partial charge in [-0.2, -0.15) is 0 Å². The highest BCUT2D eigenvalue weighted by Gasteiger charge is 2.15. The zero-order chi connectivity index (χ0) is 13.0. The van der Waals surface area contributed by atoms with Gasteiger partial charge in [-0.3, -0.25) is 0 Å². The van der Waals surface area contributed by atoms with Crippen LogP contribution >= 0.6 is 11.6 Å². The number of ether oxygens (including phenoxy) is 1. The lowest BCUT2D eigenvalue weighted by atomic mass is 10.1. The molecule has 0 unspecified atom stereocenters. The lowest BCUT2D eigenvalue weighted by molar-refractivity contribution is 0.0479. The number of hydrogen-bond donors (Lipinski definition) is 0. The molecule has 0 saturated heterocycles. The largest absolute Gasteiger partial charge is 0.459 e. The minimum atomic E-state index is -0.609. The Hall–Kier alpha value is -1.88. The molecule has 5 nitrogen and oxygen atoms in total. The van der Waals surface area contributed by atoms with Crippen LogP contribution in [0.15, 0.2) is 28.7 Å². The fraction of sp³-hybridized carbons (Fsp3) is 0.250. The van der Waals surface area contributed by atoms with Crippen LogP contribution in [0.25, 0.3) is 0 Å². The van der Waals surface area contributed by atoms with Gasteiger partial charge in [-0.15, -0.1) is 10.2 Å². The Morgan fingerprint density at radius 3 is 3.00 bits per heavy atom. The van der Waals surface area contributed by atoms with Gasteiger partial charge in [0.2, 0.25) is 5.89 Å². The summed E-state index contributed by atoms with van der Waals surface area (Å²) in [5, 5.41) is 8.05. The van der Waals surface area contributed by atoms with Gasteiger partial charge in [0.05, 0.1) is 13.0 Å². The third kappa shape index (κ3) is 3.07. The predicted octanol–water partition coefficient (Wildman–Crippen LogP) is 2.49. The van der Waals surface area contributed by atoms with E-state index in [-0.39, 0.29) is 12.5 Å². The molecular weight excluding hydrogens is 256 g/mol. The van der Waals surface area contributed by atoms with Crippen molar-refractivity contribution >= 4 is 17.6 Å². The van der Waals surface area contributed by atoms with Crippen molar-refractivity contribution in [1.82, 2.24) is 10.2 Å². The van der Waals surface area contributed by atoms with Crippen LogP contribution in [0.1, 0.15) is 29.1 Å². The van der Waals surface area contributed by atoms with Crippen LogP contribution in [0.2, 0.25) is 5.02 Å². The molecule has 0 aliphatic carbocycles. The fourth-order valence-corrected chi connectivity index (χ4v) is 1.63. The third-order valence-electron chi connectivity index (χ3n) is 2.16. The monoisotopic (exact) mass is 266 g/mol. The molecule has 0 aliphatic heterocycles. The number of esters is 1.